The Morgan fingerprint density at radius 2 is 1.68 bits per heavy atom. The Balaban J connectivity index is 1.37. The Morgan fingerprint density at radius 1 is 1.00 bits per heavy atom. The number of likely N-dealkylation sites (tertiary alicyclic amines) is 1. The summed E-state index contributed by atoms with van der Waals surface area (Å²) in [5.41, 5.74) is 0.583. The number of morpholine rings is 1. The maximum Gasteiger partial charge on any atom is 0.0707 e. The molecule has 2 saturated carbocycles. The van der Waals surface area contributed by atoms with Gasteiger partial charge in [-0.15, -0.1) is 0 Å². The van der Waals surface area contributed by atoms with Crippen LogP contribution >= 0.6 is 0 Å². The molecule has 0 spiro atoms. The number of hydrogen-bond donors (Lipinski definition) is 1. The molecular weight excluding hydrogens is 236 g/mol. The molecule has 2 unspecified atom stereocenters. The highest BCUT2D eigenvalue weighted by molar-refractivity contribution is 4.95. The van der Waals surface area contributed by atoms with E-state index in [1.54, 1.807) is 0 Å². The van der Waals surface area contributed by atoms with Gasteiger partial charge in [0.1, 0.15) is 0 Å². The molecule has 19 heavy (non-hydrogen) atoms. The van der Waals surface area contributed by atoms with E-state index in [9.17, 15) is 0 Å². The predicted molar refractivity (Wildman–Crippen MR) is 76.3 cm³/mol. The van der Waals surface area contributed by atoms with E-state index in [1.807, 2.05) is 0 Å². The van der Waals surface area contributed by atoms with Crippen LogP contribution in [0.1, 0.15) is 51.4 Å². The zero-order valence-corrected chi connectivity index (χ0v) is 12.1. The maximum atomic E-state index is 5.98. The minimum Gasteiger partial charge on any atom is -0.372 e. The minimum atomic E-state index is 0.550. The van der Waals surface area contributed by atoms with Gasteiger partial charge in [-0.25, -0.2) is 0 Å². The van der Waals surface area contributed by atoms with E-state index in [2.05, 4.69) is 10.2 Å². The van der Waals surface area contributed by atoms with Gasteiger partial charge in [0.05, 0.1) is 12.2 Å². The smallest absolute Gasteiger partial charge is 0.0707 e. The molecule has 1 N–H and O–H groups in total. The van der Waals surface area contributed by atoms with E-state index in [-0.39, 0.29) is 0 Å². The molecule has 4 fully saturated rings. The van der Waals surface area contributed by atoms with Crippen LogP contribution in [0.2, 0.25) is 0 Å². The normalized spacial score (nSPS) is 37.9. The van der Waals surface area contributed by atoms with E-state index in [0.29, 0.717) is 17.6 Å². The lowest BCUT2D eigenvalue weighted by Crippen LogP contribution is -2.49. The summed E-state index contributed by atoms with van der Waals surface area (Å²) in [5.74, 6) is 0. The summed E-state index contributed by atoms with van der Waals surface area (Å²) in [6.07, 6.45) is 12.3. The number of nitrogens with one attached hydrogen (secondary N) is 1. The topological polar surface area (TPSA) is 24.5 Å². The fourth-order valence-electron chi connectivity index (χ4n) is 4.47. The molecule has 0 aromatic rings. The van der Waals surface area contributed by atoms with Crippen LogP contribution in [0.3, 0.4) is 0 Å². The largest absolute Gasteiger partial charge is 0.372 e. The number of fused-ring (bicyclic) bond motifs is 2. The highest BCUT2D eigenvalue weighted by Gasteiger charge is 2.40. The van der Waals surface area contributed by atoms with Crippen molar-refractivity contribution in [2.24, 2.45) is 5.41 Å². The number of ether oxygens (including phenoxy) is 1. The highest BCUT2D eigenvalue weighted by atomic mass is 16.5. The standard InChI is InChI=1S/C16H28N2O/c1-2-8-16(7-1,11-17-13-3-4-13)12-18-9-14-5-6-15(10-18)19-14/h13-15,17H,1-12H2. The molecule has 2 aliphatic carbocycles. The molecule has 3 heteroatoms. The molecule has 3 nitrogen and oxygen atoms in total. The van der Waals surface area contributed by atoms with Crippen LogP contribution in [0.25, 0.3) is 0 Å². The third kappa shape index (κ3) is 2.84. The Labute approximate surface area is 117 Å². The molecule has 4 aliphatic rings. The quantitative estimate of drug-likeness (QED) is 0.823. The second-order valence-corrected chi connectivity index (χ2v) is 7.51. The van der Waals surface area contributed by atoms with Gasteiger partial charge in [-0.2, -0.15) is 0 Å². The summed E-state index contributed by atoms with van der Waals surface area (Å²) in [6, 6.07) is 0.860. The van der Waals surface area contributed by atoms with Gasteiger partial charge < -0.3 is 10.1 Å². The zero-order valence-electron chi connectivity index (χ0n) is 12.1. The summed E-state index contributed by atoms with van der Waals surface area (Å²) < 4.78 is 5.98. The summed E-state index contributed by atoms with van der Waals surface area (Å²) in [4.78, 5) is 2.73. The molecule has 2 heterocycles. The number of hydrogen-bond acceptors (Lipinski definition) is 3. The molecule has 4 rings (SSSR count). The molecule has 2 atom stereocenters. The van der Waals surface area contributed by atoms with Crippen LogP contribution in [0.15, 0.2) is 0 Å². The van der Waals surface area contributed by atoms with Crippen molar-refractivity contribution in [2.45, 2.75) is 69.6 Å². The average Bonchev–Trinajstić information content (AvgIpc) is 3.04. The summed E-state index contributed by atoms with van der Waals surface area (Å²) in [6.45, 7) is 4.98. The summed E-state index contributed by atoms with van der Waals surface area (Å²) >= 11 is 0. The molecule has 0 amide bonds. The van der Waals surface area contributed by atoms with Gasteiger partial charge in [0, 0.05) is 32.2 Å². The monoisotopic (exact) mass is 264 g/mol. The van der Waals surface area contributed by atoms with Crippen molar-refractivity contribution in [1.29, 1.82) is 0 Å². The summed E-state index contributed by atoms with van der Waals surface area (Å²) in [7, 11) is 0. The fraction of sp³-hybridized carbons (Fsp3) is 1.00. The van der Waals surface area contributed by atoms with Gasteiger partial charge in [-0.05, 0) is 43.9 Å². The molecule has 0 aromatic carbocycles. The number of nitrogens with zero attached hydrogens (tertiary/aromatic N) is 1. The van der Waals surface area contributed by atoms with Crippen LogP contribution < -0.4 is 5.32 Å². The van der Waals surface area contributed by atoms with Crippen molar-refractivity contribution >= 4 is 0 Å². The Hall–Kier alpha value is -0.120. The molecule has 0 aromatic heterocycles. The van der Waals surface area contributed by atoms with Crippen LogP contribution in [-0.2, 0) is 4.74 Å². The van der Waals surface area contributed by atoms with Gasteiger partial charge >= 0.3 is 0 Å². The fourth-order valence-corrected chi connectivity index (χ4v) is 4.47. The minimum absolute atomic E-state index is 0.550. The van der Waals surface area contributed by atoms with Gasteiger partial charge in [0.25, 0.3) is 0 Å². The molecule has 0 radical (unpaired) electrons. The lowest BCUT2D eigenvalue weighted by Gasteiger charge is -2.39. The molecular formula is C16H28N2O. The van der Waals surface area contributed by atoms with E-state index in [0.717, 1.165) is 6.04 Å². The van der Waals surface area contributed by atoms with Crippen LogP contribution in [0, 0.1) is 5.41 Å². The van der Waals surface area contributed by atoms with Gasteiger partial charge in [0.2, 0.25) is 0 Å². The lowest BCUT2D eigenvalue weighted by molar-refractivity contribution is -0.0501. The van der Waals surface area contributed by atoms with Gasteiger partial charge in [-0.3, -0.25) is 4.90 Å². The Morgan fingerprint density at radius 3 is 2.32 bits per heavy atom. The van der Waals surface area contributed by atoms with Crippen LogP contribution in [-0.4, -0.2) is 49.3 Å². The first-order valence-electron chi connectivity index (χ1n) is 8.43. The first kappa shape index (κ1) is 12.6. The zero-order chi connectivity index (χ0) is 12.7. The van der Waals surface area contributed by atoms with Crippen molar-refractivity contribution in [3.63, 3.8) is 0 Å². The van der Waals surface area contributed by atoms with Crippen LogP contribution in [0.4, 0.5) is 0 Å². The van der Waals surface area contributed by atoms with Gasteiger partial charge in [-0.1, -0.05) is 12.8 Å². The van der Waals surface area contributed by atoms with E-state index >= 15 is 0 Å². The third-order valence-corrected chi connectivity index (χ3v) is 5.69. The molecule has 108 valence electrons. The van der Waals surface area contributed by atoms with Gasteiger partial charge in [0.15, 0.2) is 0 Å². The lowest BCUT2D eigenvalue weighted by atomic mass is 9.85. The van der Waals surface area contributed by atoms with Crippen molar-refractivity contribution in [2.75, 3.05) is 26.2 Å². The van der Waals surface area contributed by atoms with E-state index < -0.39 is 0 Å². The molecule has 2 bridgehead atoms. The van der Waals surface area contributed by atoms with Crippen LogP contribution in [0.5, 0.6) is 0 Å². The Bertz CT molecular complexity index is 311. The molecule has 2 saturated heterocycles. The second-order valence-electron chi connectivity index (χ2n) is 7.51. The molecule has 2 aliphatic heterocycles. The number of rotatable bonds is 5. The van der Waals surface area contributed by atoms with Crippen molar-refractivity contribution in [3.05, 3.63) is 0 Å². The predicted octanol–water partition coefficient (Wildman–Crippen LogP) is 2.16. The van der Waals surface area contributed by atoms with Crippen molar-refractivity contribution in [3.8, 4) is 0 Å². The second kappa shape index (κ2) is 5.01. The highest BCUT2D eigenvalue weighted by Crippen LogP contribution is 2.40. The van der Waals surface area contributed by atoms with Crippen molar-refractivity contribution < 1.29 is 4.74 Å². The first-order valence-corrected chi connectivity index (χ1v) is 8.43. The first-order chi connectivity index (χ1) is 9.31. The average molecular weight is 264 g/mol. The Kier molecular flexibility index (Phi) is 3.33. The van der Waals surface area contributed by atoms with E-state index in [1.165, 1.54) is 77.5 Å². The SMILES string of the molecule is C1CCC(CNC2CC2)(CN2CC3CCC(C2)O3)C1. The summed E-state index contributed by atoms with van der Waals surface area (Å²) in [5, 5.41) is 3.81. The van der Waals surface area contributed by atoms with E-state index in [4.69, 9.17) is 4.74 Å². The third-order valence-electron chi connectivity index (χ3n) is 5.69. The van der Waals surface area contributed by atoms with Crippen molar-refractivity contribution in [1.82, 2.24) is 10.2 Å². The maximum absolute atomic E-state index is 5.98.